The van der Waals surface area contributed by atoms with Crippen molar-refractivity contribution < 1.29 is 0 Å². The van der Waals surface area contributed by atoms with Gasteiger partial charge in [0.25, 0.3) is 0 Å². The first-order chi connectivity index (χ1) is 7.31. The van der Waals surface area contributed by atoms with Gasteiger partial charge in [-0.05, 0) is 12.5 Å². The number of benzene rings is 1. The molecule has 0 fully saturated rings. The van der Waals surface area contributed by atoms with E-state index in [9.17, 15) is 0 Å². The SMILES string of the molecule is Cc1cnc(C#N)nc1-c1ccccc1. The minimum absolute atomic E-state index is 0.208. The number of hydrogen-bond donors (Lipinski definition) is 0. The average molecular weight is 195 g/mol. The van der Waals surface area contributed by atoms with Crippen molar-refractivity contribution in [1.82, 2.24) is 9.97 Å². The lowest BCUT2D eigenvalue weighted by molar-refractivity contribution is 1.09. The Morgan fingerprint density at radius 2 is 1.93 bits per heavy atom. The molecule has 0 amide bonds. The highest BCUT2D eigenvalue weighted by Gasteiger charge is 2.04. The smallest absolute Gasteiger partial charge is 0.227 e. The largest absolute Gasteiger partial charge is 0.232 e. The molecule has 1 aromatic carbocycles. The summed E-state index contributed by atoms with van der Waals surface area (Å²) in [5, 5.41) is 8.72. The van der Waals surface area contributed by atoms with Crippen molar-refractivity contribution in [1.29, 1.82) is 5.26 Å². The quantitative estimate of drug-likeness (QED) is 0.701. The van der Waals surface area contributed by atoms with E-state index in [-0.39, 0.29) is 5.82 Å². The standard InChI is InChI=1S/C12H9N3/c1-9-8-14-11(7-13)15-12(9)10-5-3-2-4-6-10/h2-6,8H,1H3. The normalized spacial score (nSPS) is 9.60. The van der Waals surface area contributed by atoms with E-state index in [1.807, 2.05) is 43.3 Å². The van der Waals surface area contributed by atoms with E-state index in [4.69, 9.17) is 5.26 Å². The number of nitriles is 1. The molecule has 2 rings (SSSR count). The van der Waals surface area contributed by atoms with Gasteiger partial charge in [0.05, 0.1) is 5.69 Å². The summed E-state index contributed by atoms with van der Waals surface area (Å²) in [7, 11) is 0. The maximum Gasteiger partial charge on any atom is 0.232 e. The second-order valence-electron chi connectivity index (χ2n) is 3.20. The van der Waals surface area contributed by atoms with E-state index in [0.717, 1.165) is 16.8 Å². The molecular formula is C12H9N3. The summed E-state index contributed by atoms with van der Waals surface area (Å²) in [6.07, 6.45) is 1.67. The zero-order valence-electron chi connectivity index (χ0n) is 8.31. The predicted octanol–water partition coefficient (Wildman–Crippen LogP) is 2.32. The minimum Gasteiger partial charge on any atom is -0.227 e. The van der Waals surface area contributed by atoms with Gasteiger partial charge in [-0.25, -0.2) is 9.97 Å². The number of nitrogens with zero attached hydrogens (tertiary/aromatic N) is 3. The van der Waals surface area contributed by atoms with Gasteiger partial charge in [0.1, 0.15) is 6.07 Å². The Labute approximate surface area is 88.1 Å². The van der Waals surface area contributed by atoms with Gasteiger partial charge in [0.15, 0.2) is 0 Å². The molecule has 0 saturated heterocycles. The van der Waals surface area contributed by atoms with Crippen LogP contribution >= 0.6 is 0 Å². The summed E-state index contributed by atoms with van der Waals surface area (Å²) in [5.74, 6) is 0.208. The second kappa shape index (κ2) is 3.89. The highest BCUT2D eigenvalue weighted by Crippen LogP contribution is 2.19. The number of hydrogen-bond acceptors (Lipinski definition) is 3. The third-order valence-corrected chi connectivity index (χ3v) is 2.12. The maximum atomic E-state index is 8.72. The molecule has 2 aromatic rings. The number of aryl methyl sites for hydroxylation is 1. The van der Waals surface area contributed by atoms with E-state index in [1.165, 1.54) is 0 Å². The third kappa shape index (κ3) is 1.84. The van der Waals surface area contributed by atoms with Crippen molar-refractivity contribution in [2.45, 2.75) is 6.92 Å². The fraction of sp³-hybridized carbons (Fsp3) is 0.0833. The topological polar surface area (TPSA) is 49.6 Å². The van der Waals surface area contributed by atoms with Gasteiger partial charge in [-0.3, -0.25) is 0 Å². The lowest BCUT2D eigenvalue weighted by Gasteiger charge is -2.03. The van der Waals surface area contributed by atoms with Crippen LogP contribution in [0.15, 0.2) is 36.5 Å². The van der Waals surface area contributed by atoms with Gasteiger partial charge >= 0.3 is 0 Å². The predicted molar refractivity (Wildman–Crippen MR) is 56.9 cm³/mol. The van der Waals surface area contributed by atoms with E-state index in [1.54, 1.807) is 6.20 Å². The lowest BCUT2D eigenvalue weighted by Crippen LogP contribution is -1.94. The Morgan fingerprint density at radius 1 is 1.20 bits per heavy atom. The first kappa shape index (κ1) is 9.35. The molecular weight excluding hydrogens is 186 g/mol. The Bertz CT molecular complexity index is 512. The fourth-order valence-electron chi connectivity index (χ4n) is 1.38. The zero-order chi connectivity index (χ0) is 10.7. The molecule has 0 bridgehead atoms. The molecule has 0 aliphatic rings. The van der Waals surface area contributed by atoms with Crippen molar-refractivity contribution in [3.05, 3.63) is 47.9 Å². The highest BCUT2D eigenvalue weighted by molar-refractivity contribution is 5.62. The summed E-state index contributed by atoms with van der Waals surface area (Å²) < 4.78 is 0. The van der Waals surface area contributed by atoms with Crippen LogP contribution in [0.25, 0.3) is 11.3 Å². The molecule has 0 N–H and O–H groups in total. The molecule has 72 valence electrons. The van der Waals surface area contributed by atoms with Crippen molar-refractivity contribution >= 4 is 0 Å². The van der Waals surface area contributed by atoms with Crippen LogP contribution in [0.3, 0.4) is 0 Å². The summed E-state index contributed by atoms with van der Waals surface area (Å²) >= 11 is 0. The van der Waals surface area contributed by atoms with Gasteiger partial charge in [-0.15, -0.1) is 0 Å². The van der Waals surface area contributed by atoms with Gasteiger partial charge in [0, 0.05) is 11.8 Å². The first-order valence-electron chi connectivity index (χ1n) is 4.60. The first-order valence-corrected chi connectivity index (χ1v) is 4.60. The van der Waals surface area contributed by atoms with Crippen molar-refractivity contribution in [3.63, 3.8) is 0 Å². The van der Waals surface area contributed by atoms with E-state index in [2.05, 4.69) is 9.97 Å². The Balaban J connectivity index is 2.58. The van der Waals surface area contributed by atoms with Gasteiger partial charge in [0.2, 0.25) is 5.82 Å². The number of rotatable bonds is 1. The van der Waals surface area contributed by atoms with Gasteiger partial charge in [-0.1, -0.05) is 30.3 Å². The molecule has 0 aliphatic carbocycles. The monoisotopic (exact) mass is 195 g/mol. The third-order valence-electron chi connectivity index (χ3n) is 2.12. The van der Waals surface area contributed by atoms with Crippen LogP contribution in [-0.2, 0) is 0 Å². The van der Waals surface area contributed by atoms with E-state index >= 15 is 0 Å². The van der Waals surface area contributed by atoms with E-state index in [0.29, 0.717) is 0 Å². The van der Waals surface area contributed by atoms with Crippen LogP contribution in [0.1, 0.15) is 11.4 Å². The molecule has 3 nitrogen and oxygen atoms in total. The Hall–Kier alpha value is -2.21. The van der Waals surface area contributed by atoms with Crippen molar-refractivity contribution in [2.75, 3.05) is 0 Å². The highest BCUT2D eigenvalue weighted by atomic mass is 14.9. The van der Waals surface area contributed by atoms with Crippen LogP contribution in [0.2, 0.25) is 0 Å². The summed E-state index contributed by atoms with van der Waals surface area (Å²) in [6.45, 7) is 1.93. The summed E-state index contributed by atoms with van der Waals surface area (Å²) in [6, 6.07) is 11.7. The van der Waals surface area contributed by atoms with Gasteiger partial charge in [-0.2, -0.15) is 5.26 Å². The molecule has 15 heavy (non-hydrogen) atoms. The lowest BCUT2D eigenvalue weighted by atomic mass is 10.1. The minimum atomic E-state index is 0.208. The van der Waals surface area contributed by atoms with Crippen LogP contribution in [0.5, 0.6) is 0 Å². The molecule has 3 heteroatoms. The van der Waals surface area contributed by atoms with Crippen LogP contribution in [0, 0.1) is 18.3 Å². The van der Waals surface area contributed by atoms with Crippen molar-refractivity contribution in [2.24, 2.45) is 0 Å². The molecule has 1 heterocycles. The Morgan fingerprint density at radius 3 is 2.60 bits per heavy atom. The summed E-state index contributed by atoms with van der Waals surface area (Å²) in [5.41, 5.74) is 2.80. The van der Waals surface area contributed by atoms with Crippen LogP contribution in [0.4, 0.5) is 0 Å². The van der Waals surface area contributed by atoms with Crippen LogP contribution < -0.4 is 0 Å². The Kier molecular flexibility index (Phi) is 2.42. The molecule has 0 aliphatic heterocycles. The summed E-state index contributed by atoms with van der Waals surface area (Å²) in [4.78, 5) is 8.10. The number of aromatic nitrogens is 2. The molecule has 0 atom stereocenters. The molecule has 1 aromatic heterocycles. The second-order valence-corrected chi connectivity index (χ2v) is 3.20. The molecule has 0 radical (unpaired) electrons. The van der Waals surface area contributed by atoms with Crippen LogP contribution in [-0.4, -0.2) is 9.97 Å². The zero-order valence-corrected chi connectivity index (χ0v) is 8.31. The molecule has 0 saturated carbocycles. The van der Waals surface area contributed by atoms with Gasteiger partial charge < -0.3 is 0 Å². The average Bonchev–Trinajstić information content (AvgIpc) is 2.31. The molecule has 0 spiro atoms. The molecule has 0 unspecified atom stereocenters. The maximum absolute atomic E-state index is 8.72. The fourth-order valence-corrected chi connectivity index (χ4v) is 1.38. The van der Waals surface area contributed by atoms with E-state index < -0.39 is 0 Å². The van der Waals surface area contributed by atoms with Crippen molar-refractivity contribution in [3.8, 4) is 17.3 Å².